The average Bonchev–Trinajstić information content (AvgIpc) is 2.71. The normalized spacial score (nSPS) is 25.1. The van der Waals surface area contributed by atoms with Crippen LogP contribution in [0.1, 0.15) is 46.5 Å². The number of aldehydes is 1. The lowest BCUT2D eigenvalue weighted by atomic mass is 9.93. The molecule has 0 aromatic rings. The van der Waals surface area contributed by atoms with Crippen LogP contribution in [0, 0.1) is 11.8 Å². The van der Waals surface area contributed by atoms with Gasteiger partial charge in [-0.15, -0.1) is 0 Å². The summed E-state index contributed by atoms with van der Waals surface area (Å²) in [6, 6.07) is 0. The minimum absolute atomic E-state index is 0.272. The quantitative estimate of drug-likeness (QED) is 0.405. The average molecular weight is 282 g/mol. The first-order valence-corrected chi connectivity index (χ1v) is 10.4. The van der Waals surface area contributed by atoms with Gasteiger partial charge in [-0.1, -0.05) is 39.3 Å². The van der Waals surface area contributed by atoms with Crippen molar-refractivity contribution in [2.75, 3.05) is 6.61 Å². The number of allylic oxidation sites excluding steroid dienone is 1. The molecule has 0 bridgehead atoms. The minimum atomic E-state index is -1.62. The van der Waals surface area contributed by atoms with Crippen LogP contribution in [0.5, 0.6) is 0 Å². The number of carbonyl (C=O) groups excluding carboxylic acids is 1. The molecule has 1 rings (SSSR count). The monoisotopic (exact) mass is 282 g/mol. The summed E-state index contributed by atoms with van der Waals surface area (Å²) < 4.78 is 6.13. The van der Waals surface area contributed by atoms with Crippen molar-refractivity contribution < 1.29 is 9.22 Å². The Morgan fingerprint density at radius 2 is 1.95 bits per heavy atom. The summed E-state index contributed by atoms with van der Waals surface area (Å²) in [5, 5.41) is 0.272. The molecule has 0 aromatic carbocycles. The van der Waals surface area contributed by atoms with Gasteiger partial charge in [0.1, 0.15) is 6.29 Å². The fourth-order valence-corrected chi connectivity index (χ4v) is 3.38. The maximum atomic E-state index is 10.6. The Balaban J connectivity index is 2.40. The second-order valence-corrected chi connectivity index (χ2v) is 12.1. The van der Waals surface area contributed by atoms with Crippen LogP contribution in [0.15, 0.2) is 12.2 Å². The summed E-state index contributed by atoms with van der Waals surface area (Å²) in [7, 11) is -1.62. The van der Waals surface area contributed by atoms with Gasteiger partial charge in [0.15, 0.2) is 8.32 Å². The second-order valence-electron chi connectivity index (χ2n) is 7.26. The molecule has 0 saturated heterocycles. The molecule has 19 heavy (non-hydrogen) atoms. The van der Waals surface area contributed by atoms with Crippen molar-refractivity contribution in [3.8, 4) is 0 Å². The molecule has 0 aliphatic heterocycles. The topological polar surface area (TPSA) is 26.3 Å². The van der Waals surface area contributed by atoms with Crippen molar-refractivity contribution in [3.63, 3.8) is 0 Å². The van der Waals surface area contributed by atoms with Crippen molar-refractivity contribution in [1.82, 2.24) is 0 Å². The van der Waals surface area contributed by atoms with E-state index in [9.17, 15) is 4.79 Å². The highest BCUT2D eigenvalue weighted by Gasteiger charge is 2.36. The number of hydrogen-bond acceptors (Lipinski definition) is 2. The lowest BCUT2D eigenvalue weighted by Gasteiger charge is -2.35. The zero-order valence-electron chi connectivity index (χ0n) is 13.2. The fraction of sp³-hybridized carbons (Fsp3) is 0.812. The lowest BCUT2D eigenvalue weighted by Crippen LogP contribution is -2.40. The van der Waals surface area contributed by atoms with E-state index in [0.29, 0.717) is 11.8 Å². The van der Waals surface area contributed by atoms with E-state index in [2.05, 4.69) is 46.0 Å². The summed E-state index contributed by atoms with van der Waals surface area (Å²) in [5.74, 6) is 1.16. The van der Waals surface area contributed by atoms with Crippen LogP contribution in [-0.2, 0) is 9.22 Å². The van der Waals surface area contributed by atoms with Crippen LogP contribution >= 0.6 is 0 Å². The molecule has 2 atom stereocenters. The predicted molar refractivity (Wildman–Crippen MR) is 83.8 cm³/mol. The van der Waals surface area contributed by atoms with Crippen LogP contribution in [0.25, 0.3) is 0 Å². The summed E-state index contributed by atoms with van der Waals surface area (Å²) in [5.41, 5.74) is 0. The molecule has 3 heteroatoms. The van der Waals surface area contributed by atoms with Gasteiger partial charge >= 0.3 is 0 Å². The summed E-state index contributed by atoms with van der Waals surface area (Å²) in [6.07, 6.45) is 9.95. The number of hydrogen-bond donors (Lipinski definition) is 0. The summed E-state index contributed by atoms with van der Waals surface area (Å²) >= 11 is 0. The molecule has 0 unspecified atom stereocenters. The summed E-state index contributed by atoms with van der Waals surface area (Å²) in [6.45, 7) is 12.1. The Labute approximate surface area is 119 Å². The highest BCUT2D eigenvalue weighted by atomic mass is 28.4. The molecule has 0 spiro atoms. The second kappa shape index (κ2) is 6.85. The van der Waals surface area contributed by atoms with Gasteiger partial charge in [-0.05, 0) is 42.8 Å². The van der Waals surface area contributed by atoms with Crippen LogP contribution in [0.4, 0.5) is 0 Å². The van der Waals surface area contributed by atoms with Crippen molar-refractivity contribution in [3.05, 3.63) is 12.2 Å². The lowest BCUT2D eigenvalue weighted by molar-refractivity contribution is -0.108. The van der Waals surface area contributed by atoms with E-state index in [1.54, 1.807) is 0 Å². The molecule has 0 aromatic heterocycles. The maximum Gasteiger partial charge on any atom is 0.192 e. The Hall–Kier alpha value is -0.413. The molecule has 110 valence electrons. The Morgan fingerprint density at radius 1 is 1.26 bits per heavy atom. The number of carbonyl (C=O) groups is 1. The van der Waals surface area contributed by atoms with E-state index in [1.807, 2.05) is 0 Å². The Bertz CT molecular complexity index is 315. The molecule has 1 aliphatic rings. The first kappa shape index (κ1) is 16.6. The van der Waals surface area contributed by atoms with Crippen LogP contribution in [-0.4, -0.2) is 21.2 Å². The molecule has 0 radical (unpaired) electrons. The molecule has 1 fully saturated rings. The van der Waals surface area contributed by atoms with Gasteiger partial charge in [0.05, 0.1) is 6.61 Å². The molecular formula is C16H30O2Si. The van der Waals surface area contributed by atoms with Gasteiger partial charge in [-0.2, -0.15) is 0 Å². The van der Waals surface area contributed by atoms with Gasteiger partial charge < -0.3 is 9.22 Å². The van der Waals surface area contributed by atoms with Crippen LogP contribution in [0.2, 0.25) is 18.1 Å². The first-order chi connectivity index (χ1) is 8.78. The maximum absolute atomic E-state index is 10.6. The van der Waals surface area contributed by atoms with Crippen LogP contribution < -0.4 is 0 Å². The van der Waals surface area contributed by atoms with E-state index in [-0.39, 0.29) is 5.04 Å². The SMILES string of the molecule is CC(C)(C)[Si](C)(C)OC/C=C/[C@@H]1CCC[C@@H]1CC=O. The molecule has 2 nitrogen and oxygen atoms in total. The number of rotatable bonds is 6. The summed E-state index contributed by atoms with van der Waals surface area (Å²) in [4.78, 5) is 10.6. The Kier molecular flexibility index (Phi) is 6.00. The highest BCUT2D eigenvalue weighted by molar-refractivity contribution is 6.74. The van der Waals surface area contributed by atoms with Gasteiger partial charge in [-0.25, -0.2) is 0 Å². The van der Waals surface area contributed by atoms with Crippen molar-refractivity contribution in [1.29, 1.82) is 0 Å². The molecule has 0 heterocycles. The third kappa shape index (κ3) is 4.88. The molecule has 1 aliphatic carbocycles. The zero-order valence-corrected chi connectivity index (χ0v) is 14.2. The van der Waals surface area contributed by atoms with Crippen molar-refractivity contribution in [2.45, 2.75) is 64.6 Å². The van der Waals surface area contributed by atoms with E-state index < -0.39 is 8.32 Å². The van der Waals surface area contributed by atoms with E-state index >= 15 is 0 Å². The van der Waals surface area contributed by atoms with Crippen molar-refractivity contribution in [2.24, 2.45) is 11.8 Å². The third-order valence-electron chi connectivity index (χ3n) is 4.85. The first-order valence-electron chi connectivity index (χ1n) is 7.52. The largest absolute Gasteiger partial charge is 0.413 e. The van der Waals surface area contributed by atoms with Gasteiger partial charge in [0.2, 0.25) is 0 Å². The zero-order chi connectivity index (χ0) is 14.5. The van der Waals surface area contributed by atoms with E-state index in [0.717, 1.165) is 19.3 Å². The highest BCUT2D eigenvalue weighted by Crippen LogP contribution is 2.37. The van der Waals surface area contributed by atoms with E-state index in [4.69, 9.17) is 4.43 Å². The molecule has 1 saturated carbocycles. The smallest absolute Gasteiger partial charge is 0.192 e. The standard InChI is InChI=1S/C16H30O2Si/c1-16(2,3)19(4,5)18-13-7-10-14-8-6-9-15(14)11-12-17/h7,10,12,14-15H,6,8-9,11,13H2,1-5H3/b10-7+/t14-,15+/m0/s1. The van der Waals surface area contributed by atoms with E-state index in [1.165, 1.54) is 19.3 Å². The van der Waals surface area contributed by atoms with Crippen LogP contribution in [0.3, 0.4) is 0 Å². The molecular weight excluding hydrogens is 252 g/mol. The van der Waals surface area contributed by atoms with Crippen molar-refractivity contribution >= 4 is 14.6 Å². The fourth-order valence-electron chi connectivity index (χ4n) is 2.44. The molecule has 0 N–H and O–H groups in total. The minimum Gasteiger partial charge on any atom is -0.413 e. The molecule has 0 amide bonds. The van der Waals surface area contributed by atoms with Gasteiger partial charge in [-0.3, -0.25) is 0 Å². The van der Waals surface area contributed by atoms with Gasteiger partial charge in [0, 0.05) is 6.42 Å². The third-order valence-corrected chi connectivity index (χ3v) is 9.35. The predicted octanol–water partition coefficient (Wildman–Crippen LogP) is 4.57. The Morgan fingerprint density at radius 3 is 2.53 bits per heavy atom. The van der Waals surface area contributed by atoms with Gasteiger partial charge in [0.25, 0.3) is 0 Å².